The number of aromatic nitrogens is 2. The van der Waals surface area contributed by atoms with Gasteiger partial charge in [0.25, 0.3) is 5.91 Å². The third-order valence-corrected chi connectivity index (χ3v) is 7.67. The molecule has 0 aliphatic carbocycles. The summed E-state index contributed by atoms with van der Waals surface area (Å²) in [6.45, 7) is 4.07. The number of alkyl halides is 1. The van der Waals surface area contributed by atoms with Gasteiger partial charge in [-0.05, 0) is 26.0 Å². The molecule has 2 aromatic heterocycles. The number of carbonyl (C=O) groups excluding carboxylic acids is 1. The molecule has 0 aliphatic heterocycles. The van der Waals surface area contributed by atoms with Crippen LogP contribution in [0.25, 0.3) is 21.1 Å². The van der Waals surface area contributed by atoms with Gasteiger partial charge in [-0.3, -0.25) is 4.79 Å². The van der Waals surface area contributed by atoms with Crippen molar-refractivity contribution in [1.29, 1.82) is 0 Å². The largest absolute Gasteiger partial charge is 0.484 e. The van der Waals surface area contributed by atoms with Crippen LogP contribution in [0.5, 0.6) is 5.75 Å². The van der Waals surface area contributed by atoms with Crippen LogP contribution in [0.1, 0.15) is 32.9 Å². The van der Waals surface area contributed by atoms with Crippen LogP contribution >= 0.6 is 34.3 Å². The number of benzene rings is 3. The van der Waals surface area contributed by atoms with E-state index in [1.54, 1.807) is 16.7 Å². The van der Waals surface area contributed by atoms with E-state index in [0.717, 1.165) is 44.5 Å². The van der Waals surface area contributed by atoms with Gasteiger partial charge in [0.15, 0.2) is 11.6 Å². The van der Waals surface area contributed by atoms with Gasteiger partial charge in [-0.2, -0.15) is 0 Å². The molecule has 39 heavy (non-hydrogen) atoms. The Morgan fingerprint density at radius 2 is 1.36 bits per heavy atom. The number of aryl methyl sites for hydroxylation is 2. The molecular formula is C29H24ClF2N3O2S2. The smallest absolute Gasteiger partial charge is 0.254 e. The quantitative estimate of drug-likeness (QED) is 0.197. The molecule has 0 radical (unpaired) electrons. The van der Waals surface area contributed by atoms with E-state index in [2.05, 4.69) is 41.2 Å². The Morgan fingerprint density at radius 3 is 1.85 bits per heavy atom. The molecule has 0 saturated heterocycles. The molecule has 200 valence electrons. The zero-order valence-corrected chi connectivity index (χ0v) is 23.5. The van der Waals surface area contributed by atoms with Crippen LogP contribution in [-0.2, 0) is 12.5 Å². The summed E-state index contributed by atoms with van der Waals surface area (Å²) in [7, 11) is 0. The van der Waals surface area contributed by atoms with Crippen molar-refractivity contribution < 1.29 is 18.3 Å². The molecule has 1 amide bonds. The molecule has 0 unspecified atom stereocenters. The van der Waals surface area contributed by atoms with Crippen molar-refractivity contribution in [3.8, 4) is 26.9 Å². The van der Waals surface area contributed by atoms with Crippen molar-refractivity contribution in [2.24, 2.45) is 5.73 Å². The number of primary amides is 1. The van der Waals surface area contributed by atoms with Crippen LogP contribution < -0.4 is 10.5 Å². The normalized spacial score (nSPS) is 10.6. The Hall–Kier alpha value is -3.66. The number of rotatable bonds is 7. The van der Waals surface area contributed by atoms with E-state index in [-0.39, 0.29) is 12.4 Å². The number of carbonyl (C=O) groups is 1. The fraction of sp³-hybridized carbons (Fsp3) is 0.138. The predicted molar refractivity (Wildman–Crippen MR) is 153 cm³/mol. The average Bonchev–Trinajstić information content (AvgIpc) is 3.60. The monoisotopic (exact) mass is 583 g/mol. The van der Waals surface area contributed by atoms with Crippen molar-refractivity contribution in [3.63, 3.8) is 0 Å². The van der Waals surface area contributed by atoms with Crippen LogP contribution in [0, 0.1) is 25.5 Å². The summed E-state index contributed by atoms with van der Waals surface area (Å²) in [6, 6.07) is 18.3. The Kier molecular flexibility index (Phi) is 9.40. The van der Waals surface area contributed by atoms with Gasteiger partial charge in [-0.15, -0.1) is 34.3 Å². The first-order chi connectivity index (χ1) is 18.7. The lowest BCUT2D eigenvalue weighted by Crippen LogP contribution is -2.16. The Morgan fingerprint density at radius 1 is 0.846 bits per heavy atom. The van der Waals surface area contributed by atoms with E-state index in [1.807, 2.05) is 36.6 Å². The molecule has 2 N–H and O–H groups in total. The van der Waals surface area contributed by atoms with Crippen LogP contribution in [0.15, 0.2) is 71.4 Å². The minimum atomic E-state index is -1.18. The van der Waals surface area contributed by atoms with Crippen molar-refractivity contribution in [2.45, 2.75) is 26.3 Å². The predicted octanol–water partition coefficient (Wildman–Crippen LogP) is 7.93. The van der Waals surface area contributed by atoms with Gasteiger partial charge in [0.05, 0.1) is 17.3 Å². The first-order valence-corrected chi connectivity index (χ1v) is 14.0. The molecule has 0 atom stereocenters. The maximum Gasteiger partial charge on any atom is 0.254 e. The first-order valence-electron chi connectivity index (χ1n) is 11.7. The summed E-state index contributed by atoms with van der Waals surface area (Å²) in [4.78, 5) is 20.0. The van der Waals surface area contributed by atoms with Gasteiger partial charge in [0.2, 0.25) is 0 Å². The van der Waals surface area contributed by atoms with Crippen LogP contribution in [0.2, 0.25) is 0 Å². The average molecular weight is 584 g/mol. The minimum absolute atomic E-state index is 0.0108. The summed E-state index contributed by atoms with van der Waals surface area (Å²) in [6.07, 6.45) is 0. The van der Waals surface area contributed by atoms with Gasteiger partial charge >= 0.3 is 0 Å². The second-order valence-corrected chi connectivity index (χ2v) is 10.5. The topological polar surface area (TPSA) is 78.1 Å². The number of nitrogens with two attached hydrogens (primary N) is 1. The molecule has 5 rings (SSSR count). The highest BCUT2D eigenvalue weighted by atomic mass is 35.5. The fourth-order valence-corrected chi connectivity index (χ4v) is 5.29. The molecule has 0 aliphatic rings. The van der Waals surface area contributed by atoms with E-state index < -0.39 is 23.1 Å². The van der Waals surface area contributed by atoms with Crippen LogP contribution in [-0.4, -0.2) is 15.9 Å². The van der Waals surface area contributed by atoms with E-state index >= 15 is 0 Å². The minimum Gasteiger partial charge on any atom is -0.484 e. The Bertz CT molecular complexity index is 1570. The standard InChI is InChI=1S/C18H14F2N2O2S.C11H10ClNS/c1-10-2-4-11(5-3-10)18-22-12(9-25-18)8-24-14-7-6-13(19)15(16(14)20)17(21)23;1-8-2-4-9(5-3-8)11-13-10(6-12)7-14-11/h2-7,9H,8H2,1H3,(H2,21,23);2-5,7H,6H2,1H3. The number of hydrogen-bond acceptors (Lipinski definition) is 6. The van der Waals surface area contributed by atoms with Crippen LogP contribution in [0.3, 0.4) is 0 Å². The highest BCUT2D eigenvalue weighted by molar-refractivity contribution is 7.13. The molecule has 0 fully saturated rings. The summed E-state index contributed by atoms with van der Waals surface area (Å²) in [5.74, 6) is -3.08. The Labute approximate surface area is 237 Å². The molecule has 3 aromatic carbocycles. The third-order valence-electron chi connectivity index (χ3n) is 5.52. The van der Waals surface area contributed by atoms with Crippen molar-refractivity contribution in [3.05, 3.63) is 111 Å². The van der Waals surface area contributed by atoms with Gasteiger partial charge in [0.1, 0.15) is 28.0 Å². The highest BCUT2D eigenvalue weighted by Crippen LogP contribution is 2.27. The summed E-state index contributed by atoms with van der Waals surface area (Å²) < 4.78 is 32.9. The van der Waals surface area contributed by atoms with Gasteiger partial charge in [-0.1, -0.05) is 59.7 Å². The first kappa shape index (κ1) is 28.4. The molecule has 2 heterocycles. The van der Waals surface area contributed by atoms with E-state index in [1.165, 1.54) is 16.9 Å². The highest BCUT2D eigenvalue weighted by Gasteiger charge is 2.19. The number of thiazole rings is 2. The van der Waals surface area contributed by atoms with Crippen molar-refractivity contribution in [2.75, 3.05) is 0 Å². The Balaban J connectivity index is 0.000000212. The van der Waals surface area contributed by atoms with Crippen LogP contribution in [0.4, 0.5) is 8.78 Å². The molecule has 5 nitrogen and oxygen atoms in total. The zero-order valence-electron chi connectivity index (χ0n) is 21.1. The lowest BCUT2D eigenvalue weighted by atomic mass is 10.1. The number of hydrogen-bond donors (Lipinski definition) is 1. The van der Waals surface area contributed by atoms with Gasteiger partial charge < -0.3 is 10.5 Å². The SMILES string of the molecule is Cc1ccc(-c2nc(CCl)cs2)cc1.Cc1ccc(-c2nc(COc3ccc(F)c(C(N)=O)c3F)cs2)cc1. The summed E-state index contributed by atoms with van der Waals surface area (Å²) >= 11 is 8.77. The number of nitrogens with zero attached hydrogens (tertiary/aromatic N) is 2. The van der Waals surface area contributed by atoms with Gasteiger partial charge in [-0.25, -0.2) is 18.7 Å². The van der Waals surface area contributed by atoms with E-state index in [4.69, 9.17) is 22.1 Å². The maximum absolute atomic E-state index is 14.1. The second-order valence-electron chi connectivity index (χ2n) is 8.54. The van der Waals surface area contributed by atoms with Gasteiger partial charge in [0, 0.05) is 21.9 Å². The maximum atomic E-state index is 14.1. The third kappa shape index (κ3) is 7.26. The summed E-state index contributed by atoms with van der Waals surface area (Å²) in [5, 5.41) is 5.66. The molecular weight excluding hydrogens is 560 g/mol. The fourth-order valence-electron chi connectivity index (χ4n) is 3.42. The molecule has 5 aromatic rings. The number of halogens is 3. The number of ether oxygens (including phenoxy) is 1. The molecule has 0 saturated carbocycles. The van der Waals surface area contributed by atoms with Crippen molar-refractivity contribution in [1.82, 2.24) is 9.97 Å². The van der Waals surface area contributed by atoms with E-state index in [9.17, 15) is 13.6 Å². The molecule has 10 heteroatoms. The lowest BCUT2D eigenvalue weighted by Gasteiger charge is -2.08. The van der Waals surface area contributed by atoms with E-state index in [0.29, 0.717) is 11.6 Å². The number of amides is 1. The zero-order chi connectivity index (χ0) is 27.9. The van der Waals surface area contributed by atoms with Crippen molar-refractivity contribution >= 4 is 40.2 Å². The molecule has 0 bridgehead atoms. The second kappa shape index (κ2) is 12.9. The lowest BCUT2D eigenvalue weighted by molar-refractivity contribution is 0.0991. The molecule has 0 spiro atoms. The summed E-state index contributed by atoms with van der Waals surface area (Å²) in [5.41, 5.74) is 10.3.